The number of unbranched alkanes of at least 4 members (excludes halogenated alkanes) is 9. The van der Waals surface area contributed by atoms with Crippen LogP contribution in [0.15, 0.2) is 12.7 Å². The Bertz CT molecular complexity index is 236. The van der Waals surface area contributed by atoms with Gasteiger partial charge in [0.2, 0.25) is 0 Å². The Balaban J connectivity index is 3.20. The van der Waals surface area contributed by atoms with Gasteiger partial charge in [0.25, 0.3) is 0 Å². The van der Waals surface area contributed by atoms with Gasteiger partial charge in [-0.15, -0.1) is 6.58 Å². The van der Waals surface area contributed by atoms with Crippen molar-refractivity contribution in [3.8, 4) is 0 Å². The Morgan fingerprint density at radius 2 is 1.50 bits per heavy atom. The third-order valence-electron chi connectivity index (χ3n) is 3.66. The van der Waals surface area contributed by atoms with Crippen LogP contribution in [0.3, 0.4) is 0 Å². The lowest BCUT2D eigenvalue weighted by Gasteiger charge is -2.09. The summed E-state index contributed by atoms with van der Waals surface area (Å²) in [6, 6.07) is 0. The summed E-state index contributed by atoms with van der Waals surface area (Å²) in [6.45, 7) is 8.36. The van der Waals surface area contributed by atoms with E-state index in [-0.39, 0.29) is 11.9 Å². The molecule has 0 rings (SSSR count). The van der Waals surface area contributed by atoms with Crippen LogP contribution in [0.2, 0.25) is 0 Å². The van der Waals surface area contributed by atoms with Gasteiger partial charge in [-0.2, -0.15) is 0 Å². The van der Waals surface area contributed by atoms with Crippen molar-refractivity contribution < 1.29 is 9.53 Å². The smallest absolute Gasteiger partial charge is 0.308 e. The van der Waals surface area contributed by atoms with Crippen LogP contribution < -0.4 is 0 Å². The molecule has 0 heterocycles. The Morgan fingerprint density at radius 1 is 1.00 bits per heavy atom. The predicted octanol–water partition coefficient (Wildman–Crippen LogP) is 5.66. The molecular formula is C18H34O2. The number of allylic oxidation sites excluding steroid dienone is 1. The van der Waals surface area contributed by atoms with Crippen molar-refractivity contribution in [2.45, 2.75) is 84.5 Å². The van der Waals surface area contributed by atoms with Gasteiger partial charge in [0, 0.05) is 0 Å². The van der Waals surface area contributed by atoms with Crippen molar-refractivity contribution in [1.29, 1.82) is 0 Å². The monoisotopic (exact) mass is 282 g/mol. The highest BCUT2D eigenvalue weighted by molar-refractivity contribution is 5.72. The van der Waals surface area contributed by atoms with Crippen LogP contribution in [0.25, 0.3) is 0 Å². The summed E-state index contributed by atoms with van der Waals surface area (Å²) in [5.74, 6) is -0.128. The minimum Gasteiger partial charge on any atom is -0.465 e. The fourth-order valence-corrected chi connectivity index (χ4v) is 2.25. The summed E-state index contributed by atoms with van der Waals surface area (Å²) in [4.78, 5) is 11.5. The lowest BCUT2D eigenvalue weighted by molar-refractivity contribution is -0.147. The number of esters is 1. The molecule has 0 aromatic carbocycles. The SMILES string of the molecule is C=CCC(C)C(=O)OCCCCCCCCCCCC. The van der Waals surface area contributed by atoms with Crippen molar-refractivity contribution >= 4 is 5.97 Å². The molecule has 1 atom stereocenters. The number of carbonyl (C=O) groups excluding carboxylic acids is 1. The average molecular weight is 282 g/mol. The second-order valence-electron chi connectivity index (χ2n) is 5.77. The van der Waals surface area contributed by atoms with Gasteiger partial charge in [-0.05, 0) is 12.8 Å². The summed E-state index contributed by atoms with van der Waals surface area (Å²) >= 11 is 0. The molecule has 0 aliphatic carbocycles. The van der Waals surface area contributed by atoms with Crippen LogP contribution in [-0.2, 0) is 9.53 Å². The van der Waals surface area contributed by atoms with E-state index in [1.54, 1.807) is 6.08 Å². The molecule has 2 nitrogen and oxygen atoms in total. The van der Waals surface area contributed by atoms with E-state index in [1.807, 2.05) is 6.92 Å². The molecule has 0 saturated heterocycles. The fraction of sp³-hybridized carbons (Fsp3) is 0.833. The molecule has 0 amide bonds. The zero-order chi connectivity index (χ0) is 15.1. The van der Waals surface area contributed by atoms with Crippen LogP contribution in [0.1, 0.15) is 84.5 Å². The fourth-order valence-electron chi connectivity index (χ4n) is 2.25. The molecule has 0 radical (unpaired) electrons. The Hall–Kier alpha value is -0.790. The van der Waals surface area contributed by atoms with Gasteiger partial charge in [0.1, 0.15) is 0 Å². The molecule has 0 spiro atoms. The van der Waals surface area contributed by atoms with Crippen molar-refractivity contribution in [2.75, 3.05) is 6.61 Å². The molecule has 2 heteroatoms. The Morgan fingerprint density at radius 3 is 2.00 bits per heavy atom. The standard InChI is InChI=1S/C18H34O2/c1-4-6-7-8-9-10-11-12-13-14-16-20-18(19)17(3)15-5-2/h5,17H,2,4,6-16H2,1,3H3. The quantitative estimate of drug-likeness (QED) is 0.233. The van der Waals surface area contributed by atoms with Crippen LogP contribution in [0.4, 0.5) is 0 Å². The largest absolute Gasteiger partial charge is 0.465 e. The number of ether oxygens (including phenoxy) is 1. The molecule has 0 aromatic heterocycles. The minimum absolute atomic E-state index is 0.0457. The highest BCUT2D eigenvalue weighted by Crippen LogP contribution is 2.11. The highest BCUT2D eigenvalue weighted by atomic mass is 16.5. The molecule has 0 bridgehead atoms. The van der Waals surface area contributed by atoms with Crippen LogP contribution in [-0.4, -0.2) is 12.6 Å². The maximum absolute atomic E-state index is 11.5. The van der Waals surface area contributed by atoms with Gasteiger partial charge in [0.05, 0.1) is 12.5 Å². The number of rotatable bonds is 14. The first-order valence-corrected chi connectivity index (χ1v) is 8.49. The summed E-state index contributed by atoms with van der Waals surface area (Å²) in [7, 11) is 0. The molecule has 0 saturated carbocycles. The molecule has 0 aliphatic rings. The third-order valence-corrected chi connectivity index (χ3v) is 3.66. The summed E-state index contributed by atoms with van der Waals surface area (Å²) in [5.41, 5.74) is 0. The zero-order valence-corrected chi connectivity index (χ0v) is 13.7. The summed E-state index contributed by atoms with van der Waals surface area (Å²) < 4.78 is 5.24. The van der Waals surface area contributed by atoms with Crippen molar-refractivity contribution in [2.24, 2.45) is 5.92 Å². The van der Waals surface area contributed by atoms with Crippen molar-refractivity contribution in [1.82, 2.24) is 0 Å². The molecule has 118 valence electrons. The van der Waals surface area contributed by atoms with Crippen LogP contribution in [0.5, 0.6) is 0 Å². The van der Waals surface area contributed by atoms with Crippen LogP contribution in [0, 0.1) is 5.92 Å². The minimum atomic E-state index is -0.0826. The van der Waals surface area contributed by atoms with E-state index in [9.17, 15) is 4.79 Å². The second kappa shape index (κ2) is 14.6. The van der Waals surface area contributed by atoms with E-state index in [4.69, 9.17) is 4.74 Å². The van der Waals surface area contributed by atoms with Gasteiger partial charge in [0.15, 0.2) is 0 Å². The van der Waals surface area contributed by atoms with Gasteiger partial charge < -0.3 is 4.74 Å². The number of hydrogen-bond donors (Lipinski definition) is 0. The molecule has 0 fully saturated rings. The summed E-state index contributed by atoms with van der Waals surface area (Å²) in [6.07, 6.45) is 15.5. The van der Waals surface area contributed by atoms with E-state index in [0.717, 1.165) is 6.42 Å². The Kier molecular flexibility index (Phi) is 14.0. The lowest BCUT2D eigenvalue weighted by atomic mass is 10.1. The molecule has 0 aromatic rings. The van der Waals surface area contributed by atoms with E-state index in [2.05, 4.69) is 13.5 Å². The van der Waals surface area contributed by atoms with E-state index < -0.39 is 0 Å². The van der Waals surface area contributed by atoms with Crippen LogP contribution >= 0.6 is 0 Å². The van der Waals surface area contributed by atoms with Crippen molar-refractivity contribution in [3.63, 3.8) is 0 Å². The maximum atomic E-state index is 11.5. The van der Waals surface area contributed by atoms with Gasteiger partial charge in [-0.25, -0.2) is 0 Å². The first kappa shape index (κ1) is 19.2. The van der Waals surface area contributed by atoms with E-state index in [0.29, 0.717) is 13.0 Å². The second-order valence-corrected chi connectivity index (χ2v) is 5.77. The lowest BCUT2D eigenvalue weighted by Crippen LogP contribution is -2.14. The van der Waals surface area contributed by atoms with E-state index >= 15 is 0 Å². The maximum Gasteiger partial charge on any atom is 0.308 e. The molecule has 20 heavy (non-hydrogen) atoms. The average Bonchev–Trinajstić information content (AvgIpc) is 2.44. The normalized spacial score (nSPS) is 12.1. The predicted molar refractivity (Wildman–Crippen MR) is 86.8 cm³/mol. The Labute approximate surface area is 126 Å². The van der Waals surface area contributed by atoms with Gasteiger partial charge in [-0.3, -0.25) is 4.79 Å². The first-order chi connectivity index (χ1) is 9.72. The zero-order valence-electron chi connectivity index (χ0n) is 13.7. The van der Waals surface area contributed by atoms with Crippen molar-refractivity contribution in [3.05, 3.63) is 12.7 Å². The van der Waals surface area contributed by atoms with E-state index in [1.165, 1.54) is 57.8 Å². The number of hydrogen-bond acceptors (Lipinski definition) is 2. The molecule has 0 N–H and O–H groups in total. The molecular weight excluding hydrogens is 248 g/mol. The molecule has 0 aliphatic heterocycles. The first-order valence-electron chi connectivity index (χ1n) is 8.49. The third kappa shape index (κ3) is 12.3. The van der Waals surface area contributed by atoms with Gasteiger partial charge >= 0.3 is 5.97 Å². The summed E-state index contributed by atoms with van der Waals surface area (Å²) in [5, 5.41) is 0. The highest BCUT2D eigenvalue weighted by Gasteiger charge is 2.11. The van der Waals surface area contributed by atoms with Gasteiger partial charge in [-0.1, -0.05) is 77.7 Å². The molecule has 1 unspecified atom stereocenters. The number of carbonyl (C=O) groups is 1. The topological polar surface area (TPSA) is 26.3 Å².